The summed E-state index contributed by atoms with van der Waals surface area (Å²) in [7, 11) is 0. The molecule has 1 saturated heterocycles. The van der Waals surface area contributed by atoms with E-state index in [-0.39, 0.29) is 19.3 Å². The van der Waals surface area contributed by atoms with E-state index in [1.54, 1.807) is 0 Å². The Morgan fingerprint density at radius 1 is 1.73 bits per heavy atom. The van der Waals surface area contributed by atoms with Crippen LogP contribution in [0.25, 0.3) is 0 Å². The largest absolute Gasteiger partial charge is 0.478 e. The van der Waals surface area contributed by atoms with E-state index < -0.39 is 12.1 Å². The highest BCUT2D eigenvalue weighted by Gasteiger charge is 2.22. The topological polar surface area (TPSA) is 99.5 Å². The molecule has 6 heteroatoms. The van der Waals surface area contributed by atoms with Crippen molar-refractivity contribution in [2.75, 3.05) is 26.4 Å². The van der Waals surface area contributed by atoms with E-state index in [1.807, 2.05) is 0 Å². The fourth-order valence-electron chi connectivity index (χ4n) is 0.552. The van der Waals surface area contributed by atoms with E-state index in [9.17, 15) is 4.79 Å². The maximum Gasteiger partial charge on any atom is 0.327 e. The van der Waals surface area contributed by atoms with Gasteiger partial charge in [0.05, 0.1) is 26.4 Å². The van der Waals surface area contributed by atoms with Crippen molar-refractivity contribution in [1.29, 1.82) is 0 Å². The number of epoxide rings is 1. The average molecular weight is 220 g/mol. The molecule has 3 N–H and O–H groups in total. The van der Waals surface area contributed by atoms with Gasteiger partial charge in [0.25, 0.3) is 0 Å². The summed E-state index contributed by atoms with van der Waals surface area (Å²) in [6.07, 6.45) is 0.310. The van der Waals surface area contributed by atoms with Crippen LogP contribution in [0.15, 0.2) is 12.7 Å². The van der Waals surface area contributed by atoms with Crippen molar-refractivity contribution < 1.29 is 29.6 Å². The van der Waals surface area contributed by atoms with Gasteiger partial charge in [0.15, 0.2) is 0 Å². The fraction of sp³-hybridized carbons (Fsp3) is 0.667. The van der Waals surface area contributed by atoms with Crippen molar-refractivity contribution >= 4 is 5.97 Å². The summed E-state index contributed by atoms with van der Waals surface area (Å²) in [6.45, 7) is 4.19. The molecule has 0 aliphatic carbocycles. The quantitative estimate of drug-likeness (QED) is 0.392. The van der Waals surface area contributed by atoms with E-state index in [4.69, 9.17) is 24.8 Å². The number of hydrogen-bond donors (Lipinski definition) is 3. The molecule has 1 rings (SSSR count). The number of aliphatic hydroxyl groups is 2. The van der Waals surface area contributed by atoms with Crippen LogP contribution in [0.1, 0.15) is 0 Å². The standard InChI is InChI=1S/C6H12O4.C3H4O2/c7-1-5(8)2-9-3-6-4-10-6;1-2-3(4)5/h5-8H,1-4H2;2H,1H2,(H,4,5). The van der Waals surface area contributed by atoms with Gasteiger partial charge in [-0.05, 0) is 0 Å². The Labute approximate surface area is 87.7 Å². The smallest absolute Gasteiger partial charge is 0.327 e. The molecule has 0 radical (unpaired) electrons. The molecule has 0 aromatic rings. The van der Waals surface area contributed by atoms with Gasteiger partial charge in [0.1, 0.15) is 12.2 Å². The van der Waals surface area contributed by atoms with Crippen LogP contribution in [-0.4, -0.2) is 59.9 Å². The zero-order chi connectivity index (χ0) is 11.7. The normalized spacial score (nSPS) is 19.7. The van der Waals surface area contributed by atoms with Crippen LogP contribution in [0.4, 0.5) is 0 Å². The van der Waals surface area contributed by atoms with Gasteiger partial charge in [-0.1, -0.05) is 6.58 Å². The Bertz CT molecular complexity index is 189. The average Bonchev–Trinajstić information content (AvgIpc) is 3.02. The Morgan fingerprint density at radius 2 is 2.27 bits per heavy atom. The van der Waals surface area contributed by atoms with E-state index in [0.717, 1.165) is 12.7 Å². The lowest BCUT2D eigenvalue weighted by Crippen LogP contribution is -2.20. The summed E-state index contributed by atoms with van der Waals surface area (Å²) in [5, 5.41) is 24.7. The molecule has 88 valence electrons. The molecule has 0 spiro atoms. The molecule has 15 heavy (non-hydrogen) atoms. The summed E-state index contributed by atoms with van der Waals surface area (Å²) in [5.41, 5.74) is 0. The zero-order valence-electron chi connectivity index (χ0n) is 8.33. The number of hydrogen-bond acceptors (Lipinski definition) is 5. The minimum Gasteiger partial charge on any atom is -0.478 e. The lowest BCUT2D eigenvalue weighted by Gasteiger charge is -2.05. The first-order chi connectivity index (χ1) is 7.10. The van der Waals surface area contributed by atoms with Gasteiger partial charge >= 0.3 is 5.97 Å². The van der Waals surface area contributed by atoms with Crippen LogP contribution in [0, 0.1) is 0 Å². The van der Waals surface area contributed by atoms with Crippen LogP contribution in [0.2, 0.25) is 0 Å². The monoisotopic (exact) mass is 220 g/mol. The number of carboxylic acid groups (broad SMARTS) is 1. The number of carboxylic acids is 1. The van der Waals surface area contributed by atoms with Crippen LogP contribution in [0.3, 0.4) is 0 Å². The maximum absolute atomic E-state index is 9.25. The third-order valence-corrected chi connectivity index (χ3v) is 1.40. The first-order valence-corrected chi connectivity index (χ1v) is 4.43. The highest BCUT2D eigenvalue weighted by Crippen LogP contribution is 2.08. The number of aliphatic hydroxyl groups excluding tert-OH is 2. The van der Waals surface area contributed by atoms with Crippen molar-refractivity contribution in [3.05, 3.63) is 12.7 Å². The van der Waals surface area contributed by atoms with Crippen LogP contribution >= 0.6 is 0 Å². The van der Waals surface area contributed by atoms with E-state index in [0.29, 0.717) is 6.61 Å². The summed E-state index contributed by atoms with van der Waals surface area (Å²) >= 11 is 0. The van der Waals surface area contributed by atoms with Gasteiger partial charge in [-0.15, -0.1) is 0 Å². The summed E-state index contributed by atoms with van der Waals surface area (Å²) in [6, 6.07) is 0. The Hall–Kier alpha value is -0.950. The van der Waals surface area contributed by atoms with Crippen molar-refractivity contribution in [2.24, 2.45) is 0 Å². The van der Waals surface area contributed by atoms with Gasteiger partial charge in [-0.2, -0.15) is 0 Å². The van der Waals surface area contributed by atoms with E-state index in [1.165, 1.54) is 0 Å². The molecule has 0 aromatic heterocycles. The third kappa shape index (κ3) is 11.0. The predicted molar refractivity (Wildman–Crippen MR) is 51.5 cm³/mol. The highest BCUT2D eigenvalue weighted by atomic mass is 16.6. The molecule has 1 aliphatic heterocycles. The van der Waals surface area contributed by atoms with E-state index >= 15 is 0 Å². The molecule has 0 saturated carbocycles. The lowest BCUT2D eigenvalue weighted by molar-refractivity contribution is -0.131. The molecule has 0 aromatic carbocycles. The SMILES string of the molecule is C=CC(=O)O.OCC(O)COCC1CO1. The molecule has 2 atom stereocenters. The molecule has 0 amide bonds. The van der Waals surface area contributed by atoms with Gasteiger partial charge in [-0.25, -0.2) is 4.79 Å². The summed E-state index contributed by atoms with van der Waals surface area (Å²) in [4.78, 5) is 9.25. The van der Waals surface area contributed by atoms with Crippen molar-refractivity contribution in [3.8, 4) is 0 Å². The third-order valence-electron chi connectivity index (χ3n) is 1.40. The highest BCUT2D eigenvalue weighted by molar-refractivity contribution is 5.78. The number of carbonyl (C=O) groups is 1. The van der Waals surface area contributed by atoms with Gasteiger partial charge < -0.3 is 24.8 Å². The maximum atomic E-state index is 9.25. The number of aliphatic carboxylic acids is 1. The van der Waals surface area contributed by atoms with Crippen LogP contribution < -0.4 is 0 Å². The second-order valence-electron chi connectivity index (χ2n) is 2.87. The van der Waals surface area contributed by atoms with Crippen LogP contribution in [0.5, 0.6) is 0 Å². The number of ether oxygens (including phenoxy) is 2. The molecule has 0 bridgehead atoms. The minimum atomic E-state index is -0.981. The van der Waals surface area contributed by atoms with E-state index in [2.05, 4.69) is 6.58 Å². The van der Waals surface area contributed by atoms with Gasteiger partial charge in [-0.3, -0.25) is 0 Å². The van der Waals surface area contributed by atoms with Gasteiger partial charge in [0.2, 0.25) is 0 Å². The zero-order valence-corrected chi connectivity index (χ0v) is 8.33. The molecule has 1 heterocycles. The Morgan fingerprint density at radius 3 is 2.60 bits per heavy atom. The van der Waals surface area contributed by atoms with Crippen molar-refractivity contribution in [2.45, 2.75) is 12.2 Å². The molecule has 6 nitrogen and oxygen atoms in total. The predicted octanol–water partition coefficient (Wildman–Crippen LogP) is -0.988. The van der Waals surface area contributed by atoms with Crippen molar-refractivity contribution in [3.63, 3.8) is 0 Å². The molecule has 2 unspecified atom stereocenters. The Kier molecular flexibility index (Phi) is 7.84. The molecular weight excluding hydrogens is 204 g/mol. The second kappa shape index (κ2) is 8.37. The Balaban J connectivity index is 0.000000336. The molecular formula is C9H16O6. The molecule has 1 fully saturated rings. The van der Waals surface area contributed by atoms with Crippen LogP contribution in [-0.2, 0) is 14.3 Å². The van der Waals surface area contributed by atoms with Crippen molar-refractivity contribution in [1.82, 2.24) is 0 Å². The van der Waals surface area contributed by atoms with Gasteiger partial charge in [0, 0.05) is 6.08 Å². The first-order valence-electron chi connectivity index (χ1n) is 4.43. The number of rotatable bonds is 6. The molecule has 1 aliphatic rings. The first kappa shape index (κ1) is 14.1. The second-order valence-corrected chi connectivity index (χ2v) is 2.87. The minimum absolute atomic E-state index is 0.191. The summed E-state index contributed by atoms with van der Waals surface area (Å²) < 4.78 is 9.83. The lowest BCUT2D eigenvalue weighted by atomic mass is 10.4. The summed E-state index contributed by atoms with van der Waals surface area (Å²) in [5.74, 6) is -0.981. The fourth-order valence-corrected chi connectivity index (χ4v) is 0.552.